The van der Waals surface area contributed by atoms with Crippen LogP contribution in [0.1, 0.15) is 112 Å². The van der Waals surface area contributed by atoms with Gasteiger partial charge in [-0.2, -0.15) is 26.3 Å². The van der Waals surface area contributed by atoms with E-state index in [1.807, 2.05) is 19.2 Å². The van der Waals surface area contributed by atoms with Gasteiger partial charge in [-0.05, 0) is 61.1 Å². The molecule has 0 aromatic heterocycles. The molecule has 0 radical (unpaired) electrons. The number of carbonyl (C=O) groups is 10. The summed E-state index contributed by atoms with van der Waals surface area (Å²) in [6.07, 6.45) is -12.5. The van der Waals surface area contributed by atoms with E-state index in [9.17, 15) is 98.2 Å². The molecule has 2 aromatic rings. The molecule has 1 fully saturated rings. The number of hydrogen-bond donors (Lipinski definition) is 8. The van der Waals surface area contributed by atoms with E-state index >= 15 is 0 Å². The fraction of sp³-hybridized carbons (Fsp3) is 0.511. The van der Waals surface area contributed by atoms with Crippen molar-refractivity contribution in [2.75, 3.05) is 19.7 Å². The van der Waals surface area contributed by atoms with E-state index in [0.717, 1.165) is 0 Å². The molecule has 3 rings (SSSR count). The number of Topliss-reactive ketones (excluding diaryl/α,β-unsaturated/α-hetero) is 2. The first-order chi connectivity index (χ1) is 35.0. The Labute approximate surface area is 434 Å². The molecule has 1 aliphatic heterocycles. The second-order valence-corrected chi connectivity index (χ2v) is 17.6. The first kappa shape index (κ1) is 69.9. The predicted octanol–water partition coefficient (Wildman–Crippen LogP) is 4.25. The van der Waals surface area contributed by atoms with Gasteiger partial charge < -0.3 is 59.9 Å². The molecule has 0 bridgehead atoms. The lowest BCUT2D eigenvalue weighted by Crippen LogP contribution is -2.42. The van der Waals surface area contributed by atoms with Crippen molar-refractivity contribution in [3.05, 3.63) is 70.3 Å². The summed E-state index contributed by atoms with van der Waals surface area (Å²) in [6.45, 7) is 5.06. The highest BCUT2D eigenvalue weighted by Gasteiger charge is 2.57. The van der Waals surface area contributed by atoms with Crippen LogP contribution in [0.5, 0.6) is 0 Å². The number of amides is 2. The van der Waals surface area contributed by atoms with Gasteiger partial charge in [-0.15, -0.1) is 0 Å². The Balaban J connectivity index is 0.00000125. The second-order valence-electron chi connectivity index (χ2n) is 17.6. The molecule has 32 heteroatoms. The van der Waals surface area contributed by atoms with E-state index in [0.29, 0.717) is 42.8 Å². The summed E-state index contributed by atoms with van der Waals surface area (Å²) >= 11 is 0. The van der Waals surface area contributed by atoms with Crippen LogP contribution in [0.3, 0.4) is 0 Å². The van der Waals surface area contributed by atoms with Gasteiger partial charge in [-0.25, -0.2) is 8.78 Å². The molecule has 22 nitrogen and oxygen atoms in total. The molecule has 77 heavy (non-hydrogen) atoms. The Morgan fingerprint density at radius 1 is 0.727 bits per heavy atom. The summed E-state index contributed by atoms with van der Waals surface area (Å²) in [4.78, 5) is 113. The molecule has 1 saturated heterocycles. The van der Waals surface area contributed by atoms with Gasteiger partial charge in [0.25, 0.3) is 30.5 Å². The highest BCUT2D eigenvalue weighted by Crippen LogP contribution is 2.38. The lowest BCUT2D eigenvalue weighted by Gasteiger charge is -2.23. The number of nitrogens with one attached hydrogen (secondary N) is 2. The minimum Gasteiger partial charge on any atom is -0.507 e. The summed E-state index contributed by atoms with van der Waals surface area (Å²) < 4.78 is 123. The summed E-state index contributed by atoms with van der Waals surface area (Å²) in [5, 5.41) is 58.3. The first-order valence-corrected chi connectivity index (χ1v) is 22.1. The highest BCUT2D eigenvalue weighted by molar-refractivity contribution is 6.51. The molecular formula is C45H56B2F8N2O20. The molecule has 0 aliphatic carbocycles. The predicted molar refractivity (Wildman–Crippen MR) is 247 cm³/mol. The standard InChI is InChI=1S/C22H24BF4NO9.C16H20BF4NO4.C6H8O7.CH4/c1-11(2)5-13(23-36-20(35)21(37-23,8-17(30)31)9-18(32)33)7-14(29)10-28-19(34)15-6-12(22(25,26)27)3-4-16(15)24;1-9(2)5-11(17(25)26)7-12(23)8-22-15(24)13-6-10(16(19,20)21)3-4-14(13)18;7-3-12-2-6(11,13-4-8)1-5(9)10;/h3-4,6,11,13H,5,7-10H2,1-2H3,(H,28,34)(H,30,31)(H,32,33);3-4,6,9,11,25-26H,5,7-8H2,1-2H3,(H,22,24);3-4,11H,1-2H2,(H,9,10);1H4/t13-;11-;;/m11../s1. The third kappa shape index (κ3) is 24.7. The zero-order valence-electron chi connectivity index (χ0n) is 40.6. The maximum absolute atomic E-state index is 13.9. The number of rotatable bonds is 27. The summed E-state index contributed by atoms with van der Waals surface area (Å²) in [5.74, 6) is -15.6. The van der Waals surface area contributed by atoms with Crippen LogP contribution in [0.25, 0.3) is 0 Å². The molecule has 1 unspecified atom stereocenters. The van der Waals surface area contributed by atoms with Crippen LogP contribution >= 0.6 is 0 Å². The molecule has 1 heterocycles. The van der Waals surface area contributed by atoms with E-state index in [2.05, 4.69) is 14.8 Å². The van der Waals surface area contributed by atoms with Gasteiger partial charge in [-0.1, -0.05) is 35.1 Å². The molecule has 428 valence electrons. The largest absolute Gasteiger partial charge is 0.531 e. The number of ether oxygens (including phenoxy) is 2. The Kier molecular flexibility index (Phi) is 28.4. The number of ketones is 2. The van der Waals surface area contributed by atoms with Gasteiger partial charge in [0.15, 0.2) is 23.8 Å². The van der Waals surface area contributed by atoms with Crippen molar-refractivity contribution in [3.8, 4) is 0 Å². The third-order valence-electron chi connectivity index (χ3n) is 10.2. The minimum absolute atomic E-state index is 0. The number of carboxylic acid groups (broad SMARTS) is 3. The van der Waals surface area contributed by atoms with Crippen molar-refractivity contribution >= 4 is 74.4 Å². The number of carboxylic acids is 3. The molecule has 2 aromatic carbocycles. The Morgan fingerprint density at radius 3 is 1.53 bits per heavy atom. The Morgan fingerprint density at radius 2 is 1.17 bits per heavy atom. The van der Waals surface area contributed by atoms with Gasteiger partial charge in [0.05, 0.1) is 48.2 Å². The van der Waals surface area contributed by atoms with Crippen LogP contribution in [-0.4, -0.2) is 136 Å². The normalized spacial score (nSPS) is 14.3. The quantitative estimate of drug-likeness (QED) is 0.0268. The van der Waals surface area contributed by atoms with Gasteiger partial charge >= 0.3 is 50.5 Å². The van der Waals surface area contributed by atoms with Crippen LogP contribution < -0.4 is 10.6 Å². The van der Waals surface area contributed by atoms with Crippen LogP contribution in [0, 0.1) is 23.5 Å². The number of carbonyl (C=O) groups excluding carboxylic acids is 7. The maximum Gasteiger partial charge on any atom is 0.531 e. The fourth-order valence-electron chi connectivity index (χ4n) is 6.94. The summed E-state index contributed by atoms with van der Waals surface area (Å²) in [5.41, 5.74) is -6.48. The lowest BCUT2D eigenvalue weighted by atomic mass is 9.65. The number of alkyl halides is 6. The molecule has 1 aliphatic rings. The zero-order chi connectivity index (χ0) is 58.5. The number of benzene rings is 2. The smallest absolute Gasteiger partial charge is 0.507 e. The average Bonchev–Trinajstić information content (AvgIpc) is 3.58. The highest BCUT2D eigenvalue weighted by atomic mass is 19.4. The summed E-state index contributed by atoms with van der Waals surface area (Å²) in [7, 11) is -3.17. The van der Waals surface area contributed by atoms with Crippen molar-refractivity contribution in [3.63, 3.8) is 0 Å². The SMILES string of the molecule is C.CC(C)C[C@H](CC(=O)CNC(=O)c1cc(C(F)(F)F)ccc1F)B(O)O.CC(C)C[C@H](CC(=O)CNC(=O)c1cc(C(F)(F)F)ccc1F)B1OC(=O)C(CC(=O)O)(CC(=O)O)O1.O=COCC(O)(CC(=O)O)OC=O. The minimum atomic E-state index is -4.82. The van der Waals surface area contributed by atoms with Crippen molar-refractivity contribution in [1.29, 1.82) is 0 Å². The van der Waals surface area contributed by atoms with Crippen LogP contribution in [-0.2, 0) is 69.5 Å². The van der Waals surface area contributed by atoms with E-state index < -0.39 is 176 Å². The van der Waals surface area contributed by atoms with Gasteiger partial charge in [-0.3, -0.25) is 47.9 Å². The molecular weight excluding hydrogens is 1060 g/mol. The van der Waals surface area contributed by atoms with Crippen molar-refractivity contribution < 1.29 is 132 Å². The average molecular weight is 1120 g/mol. The van der Waals surface area contributed by atoms with E-state index in [-0.39, 0.29) is 45.0 Å². The number of aliphatic hydroxyl groups is 1. The van der Waals surface area contributed by atoms with Crippen molar-refractivity contribution in [2.45, 2.75) is 115 Å². The topological polar surface area (TPSA) is 353 Å². The van der Waals surface area contributed by atoms with E-state index in [4.69, 9.17) is 24.6 Å². The number of hydrogen-bond acceptors (Lipinski definition) is 17. The van der Waals surface area contributed by atoms with Crippen LogP contribution in [0.4, 0.5) is 35.1 Å². The monoisotopic (exact) mass is 1120 g/mol. The van der Waals surface area contributed by atoms with Gasteiger partial charge in [0.1, 0.15) is 18.1 Å². The maximum atomic E-state index is 13.9. The molecule has 2 amide bonds. The Hall–Kier alpha value is -7.05. The van der Waals surface area contributed by atoms with Crippen LogP contribution in [0.2, 0.25) is 11.6 Å². The first-order valence-electron chi connectivity index (χ1n) is 22.1. The summed E-state index contributed by atoms with van der Waals surface area (Å²) in [6, 6.07) is 2.66. The zero-order valence-corrected chi connectivity index (χ0v) is 40.6. The fourth-order valence-corrected chi connectivity index (χ4v) is 6.94. The molecule has 0 saturated carbocycles. The molecule has 8 N–H and O–H groups in total. The lowest BCUT2D eigenvalue weighted by molar-refractivity contribution is -0.220. The van der Waals surface area contributed by atoms with Crippen molar-refractivity contribution in [2.24, 2.45) is 11.8 Å². The van der Waals surface area contributed by atoms with E-state index in [1.165, 1.54) is 0 Å². The Bertz CT molecular complexity index is 2380. The number of halogens is 8. The second kappa shape index (κ2) is 31.2. The molecule has 3 atom stereocenters. The van der Waals surface area contributed by atoms with E-state index in [1.54, 1.807) is 13.8 Å². The third-order valence-corrected chi connectivity index (χ3v) is 10.2. The van der Waals surface area contributed by atoms with Crippen molar-refractivity contribution in [1.82, 2.24) is 10.6 Å². The van der Waals surface area contributed by atoms with Gasteiger partial charge in [0, 0.05) is 24.5 Å². The van der Waals surface area contributed by atoms with Gasteiger partial charge in [0.2, 0.25) is 0 Å². The van der Waals surface area contributed by atoms with Crippen LogP contribution in [0.15, 0.2) is 36.4 Å². The molecule has 0 spiro atoms. The number of aliphatic carboxylic acids is 3.